The third-order valence-electron chi connectivity index (χ3n) is 1.06. The average molecular weight is 133 g/mol. The summed E-state index contributed by atoms with van der Waals surface area (Å²) in [6.07, 6.45) is 3.23. The molecular weight excluding hydrogens is 119 g/mol. The second-order valence-corrected chi connectivity index (χ2v) is 3.22. The van der Waals surface area contributed by atoms with Crippen LogP contribution >= 0.6 is 8.46 Å². The van der Waals surface area contributed by atoms with Crippen LogP contribution in [0, 0.1) is 5.92 Å². The molecule has 0 aliphatic rings. The van der Waals surface area contributed by atoms with E-state index < -0.39 is 0 Å². The van der Waals surface area contributed by atoms with Crippen LogP contribution in [0.3, 0.4) is 0 Å². The minimum absolute atomic E-state index is 0.0927. The highest BCUT2D eigenvalue weighted by molar-refractivity contribution is 7.23. The number of hydrogen-bond acceptors (Lipinski definition) is 1. The van der Waals surface area contributed by atoms with Crippen molar-refractivity contribution in [2.24, 2.45) is 5.92 Å². The van der Waals surface area contributed by atoms with Crippen molar-refractivity contribution < 1.29 is 4.57 Å². The molecule has 0 aromatic rings. The maximum absolute atomic E-state index is 9.94. The summed E-state index contributed by atoms with van der Waals surface area (Å²) in [4.78, 5) is 0. The molecule has 1 atom stereocenters. The van der Waals surface area contributed by atoms with E-state index in [2.05, 4.69) is 13.8 Å². The van der Waals surface area contributed by atoms with Gasteiger partial charge in [-0.25, -0.2) is 0 Å². The predicted molar refractivity (Wildman–Crippen MR) is 37.9 cm³/mol. The van der Waals surface area contributed by atoms with E-state index in [0.29, 0.717) is 0 Å². The summed E-state index contributed by atoms with van der Waals surface area (Å²) in [5, 5.41) is 0. The highest BCUT2D eigenvalue weighted by Gasteiger charge is 1.95. The molecule has 0 spiro atoms. The van der Waals surface area contributed by atoms with Crippen molar-refractivity contribution in [2.75, 3.05) is 6.16 Å². The van der Waals surface area contributed by atoms with Crippen LogP contribution < -0.4 is 0 Å². The fraction of sp³-hybridized carbons (Fsp3) is 1.00. The molecule has 1 unspecified atom stereocenters. The van der Waals surface area contributed by atoms with E-state index in [9.17, 15) is 4.57 Å². The predicted octanol–water partition coefficient (Wildman–Crippen LogP) is 2.45. The van der Waals surface area contributed by atoms with Gasteiger partial charge in [0.2, 0.25) is 0 Å². The van der Waals surface area contributed by atoms with Crippen molar-refractivity contribution in [1.29, 1.82) is 0 Å². The molecule has 0 saturated carbocycles. The zero-order chi connectivity index (χ0) is 6.41. The lowest BCUT2D eigenvalue weighted by molar-refractivity contribution is 0.568. The maximum atomic E-state index is 9.94. The van der Waals surface area contributed by atoms with Crippen molar-refractivity contribution in [3.05, 3.63) is 0 Å². The molecule has 0 fully saturated rings. The molecule has 8 heavy (non-hydrogen) atoms. The first-order chi connectivity index (χ1) is 3.77. The molecule has 0 heterocycles. The summed E-state index contributed by atoms with van der Waals surface area (Å²) < 4.78 is 9.94. The Morgan fingerprint density at radius 2 is 2.12 bits per heavy atom. The van der Waals surface area contributed by atoms with Crippen LogP contribution in [0.5, 0.6) is 0 Å². The van der Waals surface area contributed by atoms with Crippen LogP contribution in [0.25, 0.3) is 0 Å². The third-order valence-corrected chi connectivity index (χ3v) is 1.62. The molecule has 48 valence electrons. The number of rotatable bonds is 4. The van der Waals surface area contributed by atoms with E-state index in [1.165, 1.54) is 6.42 Å². The third kappa shape index (κ3) is 6.10. The van der Waals surface area contributed by atoms with E-state index in [1.54, 1.807) is 0 Å². The normalized spacial score (nSPS) is 10.9. The summed E-state index contributed by atoms with van der Waals surface area (Å²) in [6, 6.07) is 0. The molecule has 0 saturated heterocycles. The molecule has 0 aromatic heterocycles. The van der Waals surface area contributed by atoms with E-state index in [0.717, 1.165) is 18.5 Å². The largest absolute Gasteiger partial charge is 0.324 e. The summed E-state index contributed by atoms with van der Waals surface area (Å²) in [7, 11) is -0.0927. The molecule has 0 N–H and O–H groups in total. The van der Waals surface area contributed by atoms with E-state index >= 15 is 0 Å². The molecular formula is C6H14OP+. The van der Waals surface area contributed by atoms with Gasteiger partial charge in [0.25, 0.3) is 0 Å². The minimum Gasteiger partial charge on any atom is -0.0775 e. The Morgan fingerprint density at radius 3 is 2.50 bits per heavy atom. The van der Waals surface area contributed by atoms with Crippen molar-refractivity contribution in [3.63, 3.8) is 0 Å². The maximum Gasteiger partial charge on any atom is 0.324 e. The van der Waals surface area contributed by atoms with E-state index in [4.69, 9.17) is 0 Å². The monoisotopic (exact) mass is 133 g/mol. The molecule has 0 aliphatic carbocycles. The lowest BCUT2D eigenvalue weighted by atomic mass is 10.1. The standard InChI is InChI=1S/C6H13OP/c1-6(2)4-3-5-8-7/h6H,3-5H2,1-2H3/p+1. The Morgan fingerprint density at radius 1 is 1.50 bits per heavy atom. The van der Waals surface area contributed by atoms with Crippen molar-refractivity contribution in [1.82, 2.24) is 0 Å². The van der Waals surface area contributed by atoms with Gasteiger partial charge in [0.05, 0.1) is 0 Å². The van der Waals surface area contributed by atoms with Gasteiger partial charge in [-0.1, -0.05) is 18.4 Å². The quantitative estimate of drug-likeness (QED) is 0.425. The lowest BCUT2D eigenvalue weighted by Crippen LogP contribution is -1.86. The van der Waals surface area contributed by atoms with Crippen LogP contribution in [0.4, 0.5) is 0 Å². The van der Waals surface area contributed by atoms with Gasteiger partial charge in [-0.05, 0) is 18.8 Å². The Kier molecular flexibility index (Phi) is 5.31. The highest BCUT2D eigenvalue weighted by Crippen LogP contribution is 2.06. The molecule has 2 heteroatoms. The molecule has 0 aromatic carbocycles. The first-order valence-corrected chi connectivity index (χ1v) is 4.24. The fourth-order valence-electron chi connectivity index (χ4n) is 0.582. The van der Waals surface area contributed by atoms with Crippen LogP contribution in [0.15, 0.2) is 0 Å². The summed E-state index contributed by atoms with van der Waals surface area (Å²) in [6.45, 7) is 4.38. The van der Waals surface area contributed by atoms with E-state index in [1.807, 2.05) is 0 Å². The minimum atomic E-state index is -0.0927. The Labute approximate surface area is 52.7 Å². The Balaban J connectivity index is 2.81. The topological polar surface area (TPSA) is 17.1 Å². The lowest BCUT2D eigenvalue weighted by Gasteiger charge is -1.96. The van der Waals surface area contributed by atoms with Crippen molar-refractivity contribution >= 4 is 8.46 Å². The van der Waals surface area contributed by atoms with Crippen LogP contribution in [-0.4, -0.2) is 6.16 Å². The molecule has 0 amide bonds. The van der Waals surface area contributed by atoms with Crippen LogP contribution in [0.2, 0.25) is 0 Å². The Hall–Kier alpha value is 0.100. The zero-order valence-corrected chi connectivity index (χ0v) is 6.61. The molecule has 1 nitrogen and oxygen atoms in total. The molecule has 0 rings (SSSR count). The van der Waals surface area contributed by atoms with Gasteiger partial charge in [-0.2, -0.15) is 0 Å². The highest BCUT2D eigenvalue weighted by atomic mass is 31.1. The first-order valence-electron chi connectivity index (χ1n) is 3.12. The van der Waals surface area contributed by atoms with Gasteiger partial charge in [-0.15, -0.1) is 0 Å². The summed E-state index contributed by atoms with van der Waals surface area (Å²) >= 11 is 0. The van der Waals surface area contributed by atoms with Gasteiger partial charge in [0, 0.05) is 0 Å². The van der Waals surface area contributed by atoms with Gasteiger partial charge in [0.1, 0.15) is 6.16 Å². The van der Waals surface area contributed by atoms with Gasteiger partial charge in [-0.3, -0.25) is 0 Å². The first kappa shape index (κ1) is 8.10. The second-order valence-electron chi connectivity index (χ2n) is 2.43. The van der Waals surface area contributed by atoms with Crippen molar-refractivity contribution in [2.45, 2.75) is 26.7 Å². The van der Waals surface area contributed by atoms with Crippen LogP contribution in [0.1, 0.15) is 26.7 Å². The number of hydrogen-bond donors (Lipinski definition) is 0. The average Bonchev–Trinajstić information content (AvgIpc) is 1.66. The molecule has 0 aliphatic heterocycles. The van der Waals surface area contributed by atoms with Gasteiger partial charge < -0.3 is 0 Å². The summed E-state index contributed by atoms with van der Waals surface area (Å²) in [5.74, 6) is 0.770. The summed E-state index contributed by atoms with van der Waals surface area (Å²) in [5.41, 5.74) is 0. The smallest absolute Gasteiger partial charge is 0.0775 e. The van der Waals surface area contributed by atoms with Crippen LogP contribution in [-0.2, 0) is 4.57 Å². The van der Waals surface area contributed by atoms with Crippen molar-refractivity contribution in [3.8, 4) is 0 Å². The fourth-order valence-corrected chi connectivity index (χ4v) is 0.931. The van der Waals surface area contributed by atoms with Gasteiger partial charge in [0.15, 0.2) is 0 Å². The molecule has 0 radical (unpaired) electrons. The SMILES string of the molecule is CC(C)CCC[PH+]=O. The Bertz CT molecular complexity index is 61.5. The van der Waals surface area contributed by atoms with Gasteiger partial charge >= 0.3 is 8.46 Å². The van der Waals surface area contributed by atoms with E-state index in [-0.39, 0.29) is 8.46 Å². The second kappa shape index (κ2) is 5.24. The molecule has 0 bridgehead atoms. The zero-order valence-electron chi connectivity index (χ0n) is 5.61.